The number of aryl methyl sites for hydroxylation is 1. The summed E-state index contributed by atoms with van der Waals surface area (Å²) in [7, 11) is 0. The second-order valence-electron chi connectivity index (χ2n) is 5.42. The van der Waals surface area contributed by atoms with Gasteiger partial charge >= 0.3 is 0 Å². The highest BCUT2D eigenvalue weighted by Gasteiger charge is 2.39. The summed E-state index contributed by atoms with van der Waals surface area (Å²) in [5.41, 5.74) is 1.95. The summed E-state index contributed by atoms with van der Waals surface area (Å²) >= 11 is 6.32. The molecular formula is C16H16NO3S2-. The molecule has 0 radical (unpaired) electrons. The van der Waals surface area contributed by atoms with E-state index in [0.717, 1.165) is 27.8 Å². The molecule has 1 fully saturated rings. The molecule has 0 spiro atoms. The van der Waals surface area contributed by atoms with Gasteiger partial charge in [0.05, 0.1) is 16.9 Å². The summed E-state index contributed by atoms with van der Waals surface area (Å²) in [6.45, 7) is 5.40. The smallest absolute Gasteiger partial charge is 0.266 e. The van der Waals surface area contributed by atoms with Crippen molar-refractivity contribution in [1.82, 2.24) is 4.90 Å². The van der Waals surface area contributed by atoms with Crippen molar-refractivity contribution in [2.45, 2.75) is 26.8 Å². The number of carbonyl (C=O) groups excluding carboxylic acids is 2. The van der Waals surface area contributed by atoms with Gasteiger partial charge in [0.15, 0.2) is 0 Å². The number of carbonyl (C=O) groups is 2. The Morgan fingerprint density at radius 2 is 2.00 bits per heavy atom. The molecule has 1 saturated heterocycles. The minimum atomic E-state index is -1.29. The molecule has 1 aliphatic heterocycles. The summed E-state index contributed by atoms with van der Waals surface area (Å²) in [4.78, 5) is 25.5. The van der Waals surface area contributed by atoms with Crippen LogP contribution in [0, 0.1) is 12.8 Å². The topological polar surface area (TPSA) is 60.4 Å². The lowest BCUT2D eigenvalue weighted by Crippen LogP contribution is -2.52. The van der Waals surface area contributed by atoms with Crippen LogP contribution in [0.15, 0.2) is 29.2 Å². The van der Waals surface area contributed by atoms with Crippen molar-refractivity contribution in [1.29, 1.82) is 0 Å². The number of amides is 1. The van der Waals surface area contributed by atoms with E-state index < -0.39 is 12.0 Å². The molecule has 1 atom stereocenters. The van der Waals surface area contributed by atoms with Gasteiger partial charge in [-0.15, -0.1) is 0 Å². The van der Waals surface area contributed by atoms with Crippen LogP contribution in [0.4, 0.5) is 0 Å². The molecule has 0 unspecified atom stereocenters. The number of hydrogen-bond acceptors (Lipinski definition) is 5. The monoisotopic (exact) mass is 334 g/mol. The summed E-state index contributed by atoms with van der Waals surface area (Å²) in [6.07, 6.45) is 1.75. The maximum Gasteiger partial charge on any atom is 0.266 e. The van der Waals surface area contributed by atoms with Crippen LogP contribution in [0.3, 0.4) is 0 Å². The molecule has 1 amide bonds. The van der Waals surface area contributed by atoms with E-state index in [0.29, 0.717) is 4.91 Å². The van der Waals surface area contributed by atoms with Crippen LogP contribution >= 0.6 is 24.0 Å². The van der Waals surface area contributed by atoms with E-state index in [2.05, 4.69) is 0 Å². The molecule has 1 heterocycles. The number of rotatable bonds is 4. The molecule has 2 rings (SSSR count). The quantitative estimate of drug-likeness (QED) is 0.622. The lowest BCUT2D eigenvalue weighted by Gasteiger charge is -2.30. The first kappa shape index (κ1) is 16.7. The lowest BCUT2D eigenvalue weighted by molar-refractivity contribution is -0.311. The highest BCUT2D eigenvalue weighted by atomic mass is 32.2. The largest absolute Gasteiger partial charge is 0.548 e. The van der Waals surface area contributed by atoms with E-state index in [1.807, 2.05) is 31.2 Å². The van der Waals surface area contributed by atoms with Crippen molar-refractivity contribution in [2.24, 2.45) is 5.92 Å². The third kappa shape index (κ3) is 3.23. The Labute approximate surface area is 139 Å². The van der Waals surface area contributed by atoms with Crippen molar-refractivity contribution < 1.29 is 14.7 Å². The average Bonchev–Trinajstić information content (AvgIpc) is 2.69. The zero-order chi connectivity index (χ0) is 16.4. The lowest BCUT2D eigenvalue weighted by atomic mass is 10.0. The van der Waals surface area contributed by atoms with Crippen molar-refractivity contribution >= 4 is 46.3 Å². The van der Waals surface area contributed by atoms with Gasteiger partial charge in [0.1, 0.15) is 4.32 Å². The minimum absolute atomic E-state index is 0.257. The summed E-state index contributed by atoms with van der Waals surface area (Å²) in [5, 5.41) is 11.3. The minimum Gasteiger partial charge on any atom is -0.548 e. The molecule has 6 heteroatoms. The molecule has 0 bridgehead atoms. The number of thiocarbonyl (C=S) groups is 1. The first-order valence-electron chi connectivity index (χ1n) is 6.86. The van der Waals surface area contributed by atoms with Crippen LogP contribution in [0.1, 0.15) is 25.0 Å². The van der Waals surface area contributed by atoms with Crippen LogP contribution in [0.5, 0.6) is 0 Å². The maximum atomic E-state index is 12.5. The standard InChI is InChI=1S/C16H17NO3S2/c1-9(2)13(15(19)20)17-14(18)12(22-16(17)21)8-11-7-5-4-6-10(11)3/h4-9,13H,1-3H3,(H,19,20)/p-1/b12-8+/t13-/m1/s1. The van der Waals surface area contributed by atoms with E-state index in [9.17, 15) is 14.7 Å². The third-order valence-electron chi connectivity index (χ3n) is 3.45. The second-order valence-corrected chi connectivity index (χ2v) is 7.09. The fourth-order valence-corrected chi connectivity index (χ4v) is 3.61. The number of hydrogen-bond donors (Lipinski definition) is 0. The van der Waals surface area contributed by atoms with Crippen LogP contribution < -0.4 is 5.11 Å². The predicted molar refractivity (Wildman–Crippen MR) is 89.8 cm³/mol. The number of thioether (sulfide) groups is 1. The highest BCUT2D eigenvalue weighted by Crippen LogP contribution is 2.35. The van der Waals surface area contributed by atoms with Gasteiger partial charge in [-0.1, -0.05) is 62.1 Å². The van der Waals surface area contributed by atoms with Gasteiger partial charge in [0.25, 0.3) is 5.91 Å². The van der Waals surface area contributed by atoms with E-state index >= 15 is 0 Å². The van der Waals surface area contributed by atoms with Crippen LogP contribution in [-0.2, 0) is 9.59 Å². The van der Waals surface area contributed by atoms with Gasteiger partial charge in [-0.05, 0) is 30.0 Å². The number of benzene rings is 1. The van der Waals surface area contributed by atoms with E-state index in [-0.39, 0.29) is 16.1 Å². The Morgan fingerprint density at radius 1 is 1.36 bits per heavy atom. The van der Waals surface area contributed by atoms with E-state index in [1.54, 1.807) is 19.9 Å². The predicted octanol–water partition coefficient (Wildman–Crippen LogP) is 1.97. The van der Waals surface area contributed by atoms with E-state index in [1.165, 1.54) is 0 Å². The molecule has 1 aliphatic rings. The zero-order valence-corrected chi connectivity index (χ0v) is 14.2. The summed E-state index contributed by atoms with van der Waals surface area (Å²) in [6, 6.07) is 6.61. The molecule has 0 N–H and O–H groups in total. The van der Waals surface area contributed by atoms with Gasteiger partial charge in [-0.25, -0.2) is 0 Å². The van der Waals surface area contributed by atoms with Gasteiger partial charge < -0.3 is 9.90 Å². The molecule has 22 heavy (non-hydrogen) atoms. The fourth-order valence-electron chi connectivity index (χ4n) is 2.29. The first-order chi connectivity index (χ1) is 10.3. The Morgan fingerprint density at radius 3 is 2.55 bits per heavy atom. The number of aliphatic carboxylic acids is 1. The van der Waals surface area contributed by atoms with Gasteiger partial charge in [0.2, 0.25) is 0 Å². The molecule has 4 nitrogen and oxygen atoms in total. The van der Waals surface area contributed by atoms with Crippen LogP contribution in [0.2, 0.25) is 0 Å². The van der Waals surface area contributed by atoms with E-state index in [4.69, 9.17) is 12.2 Å². The highest BCUT2D eigenvalue weighted by molar-refractivity contribution is 8.26. The molecule has 116 valence electrons. The zero-order valence-electron chi connectivity index (χ0n) is 12.5. The van der Waals surface area contributed by atoms with Crippen molar-refractivity contribution in [3.63, 3.8) is 0 Å². The SMILES string of the molecule is Cc1ccccc1/C=C1/SC(=S)N([C@@H](C(=O)[O-])C(C)C)C1=O. The van der Waals surface area contributed by atoms with Gasteiger partial charge in [-0.3, -0.25) is 9.69 Å². The molecule has 0 saturated carbocycles. The Bertz CT molecular complexity index is 667. The Balaban J connectivity index is 2.37. The van der Waals surface area contributed by atoms with Crippen molar-refractivity contribution in [2.75, 3.05) is 0 Å². The molecule has 0 aromatic heterocycles. The molecule has 1 aromatic carbocycles. The Kier molecular flexibility index (Phi) is 5.03. The first-order valence-corrected chi connectivity index (χ1v) is 8.09. The molecule has 0 aliphatic carbocycles. The van der Waals surface area contributed by atoms with Crippen LogP contribution in [0.25, 0.3) is 6.08 Å². The number of carboxylic acid groups (broad SMARTS) is 1. The molecular weight excluding hydrogens is 318 g/mol. The number of carboxylic acids is 1. The molecule has 1 aromatic rings. The van der Waals surface area contributed by atoms with Crippen LogP contribution in [-0.4, -0.2) is 27.1 Å². The second kappa shape index (κ2) is 6.62. The number of nitrogens with zero attached hydrogens (tertiary/aromatic N) is 1. The van der Waals surface area contributed by atoms with Gasteiger partial charge in [0, 0.05) is 0 Å². The average molecular weight is 334 g/mol. The third-order valence-corrected chi connectivity index (χ3v) is 4.78. The maximum absolute atomic E-state index is 12.5. The summed E-state index contributed by atoms with van der Waals surface area (Å²) < 4.78 is 0.257. The normalized spacial score (nSPS) is 18.4. The summed E-state index contributed by atoms with van der Waals surface area (Å²) in [5.74, 6) is -1.95. The van der Waals surface area contributed by atoms with Gasteiger partial charge in [-0.2, -0.15) is 0 Å². The fraction of sp³-hybridized carbons (Fsp3) is 0.312. The Hall–Kier alpha value is -1.66. The van der Waals surface area contributed by atoms with Crippen molar-refractivity contribution in [3.8, 4) is 0 Å². The van der Waals surface area contributed by atoms with Crippen molar-refractivity contribution in [3.05, 3.63) is 40.3 Å².